The molecule has 0 unspecified atom stereocenters. The summed E-state index contributed by atoms with van der Waals surface area (Å²) in [6, 6.07) is 25.1. The lowest BCUT2D eigenvalue weighted by Crippen LogP contribution is -2.04. The van der Waals surface area contributed by atoms with Gasteiger partial charge in [0.15, 0.2) is 0 Å². The van der Waals surface area contributed by atoms with Gasteiger partial charge in [-0.1, -0.05) is 113 Å². The molecule has 2 aromatic heterocycles. The summed E-state index contributed by atoms with van der Waals surface area (Å²) in [6.45, 7) is 2.72. The molecule has 0 saturated heterocycles. The minimum absolute atomic E-state index is 0.680. The van der Waals surface area contributed by atoms with Crippen molar-refractivity contribution in [2.45, 2.75) is 103 Å². The van der Waals surface area contributed by atoms with Crippen LogP contribution in [0.1, 0.15) is 103 Å². The van der Waals surface area contributed by atoms with E-state index in [-0.39, 0.29) is 0 Å². The van der Waals surface area contributed by atoms with Gasteiger partial charge in [0, 0.05) is 10.8 Å². The summed E-state index contributed by atoms with van der Waals surface area (Å²) in [5.41, 5.74) is 5.21. The highest BCUT2D eigenvalue weighted by Gasteiger charge is 2.19. The van der Waals surface area contributed by atoms with Gasteiger partial charge in [-0.05, 0) is 62.1 Å². The molecule has 0 saturated carbocycles. The summed E-state index contributed by atoms with van der Waals surface area (Å²) < 4.78 is 26.1. The zero-order valence-corrected chi connectivity index (χ0v) is 29.6. The highest BCUT2D eigenvalue weighted by atomic mass is 16.5. The molecule has 6 heteroatoms. The lowest BCUT2D eigenvalue weighted by Gasteiger charge is -2.18. The van der Waals surface area contributed by atoms with Gasteiger partial charge in [0.25, 0.3) is 0 Å². The summed E-state index contributed by atoms with van der Waals surface area (Å²) in [5, 5.41) is 2.08. The molecule has 4 heterocycles. The van der Waals surface area contributed by atoms with Crippen molar-refractivity contribution in [3.63, 3.8) is 0 Å². The van der Waals surface area contributed by atoms with Gasteiger partial charge >= 0.3 is 0 Å². The van der Waals surface area contributed by atoms with Crippen molar-refractivity contribution in [2.24, 2.45) is 0 Å². The molecular formula is C44H52N2O4. The Morgan fingerprint density at radius 2 is 0.600 bits per heavy atom. The van der Waals surface area contributed by atoms with Crippen LogP contribution in [0.3, 0.4) is 0 Å². The van der Waals surface area contributed by atoms with Crippen LogP contribution in [-0.4, -0.2) is 36.4 Å². The molecule has 3 aromatic carbocycles. The summed E-state index contributed by atoms with van der Waals surface area (Å²) in [6.07, 6.45) is 18.8. The first kappa shape index (κ1) is 34.1. The second-order valence-electron chi connectivity index (χ2n) is 13.9. The number of hydrogen-bond acceptors (Lipinski definition) is 6. The van der Waals surface area contributed by atoms with Crippen LogP contribution in [0.25, 0.3) is 44.3 Å². The van der Waals surface area contributed by atoms with E-state index in [1.165, 1.54) is 77.0 Å². The molecule has 7 rings (SSSR count). The lowest BCUT2D eigenvalue weighted by atomic mass is 10.0. The molecule has 0 N–H and O–H groups in total. The second kappa shape index (κ2) is 17.6. The number of ether oxygens (including phenoxy) is 4. The topological polar surface area (TPSA) is 62.7 Å². The number of hydrogen-bond donors (Lipinski definition) is 0. The highest BCUT2D eigenvalue weighted by molar-refractivity contribution is 6.04. The first-order valence-electron chi connectivity index (χ1n) is 19.3. The van der Waals surface area contributed by atoms with Crippen LogP contribution in [0.5, 0.6) is 23.0 Å². The Labute approximate surface area is 297 Å². The smallest absolute Gasteiger partial charge is 0.132 e. The van der Waals surface area contributed by atoms with Crippen molar-refractivity contribution < 1.29 is 18.9 Å². The molecule has 0 spiro atoms. The van der Waals surface area contributed by atoms with E-state index in [0.717, 1.165) is 93.0 Å². The van der Waals surface area contributed by atoms with Crippen LogP contribution >= 0.6 is 0 Å². The number of nitrogens with zero attached hydrogens (tertiary/aromatic N) is 2. The predicted molar refractivity (Wildman–Crippen MR) is 204 cm³/mol. The zero-order chi connectivity index (χ0) is 33.8. The average Bonchev–Trinajstić information content (AvgIpc) is 3.14. The van der Waals surface area contributed by atoms with E-state index >= 15 is 0 Å². The first-order valence-corrected chi connectivity index (χ1v) is 19.3. The summed E-state index contributed by atoms with van der Waals surface area (Å²) in [4.78, 5) is 10.7. The number of aromatic nitrogens is 2. The van der Waals surface area contributed by atoms with Crippen LogP contribution in [0.15, 0.2) is 72.8 Å². The monoisotopic (exact) mass is 672 g/mol. The molecule has 2 aliphatic heterocycles. The molecule has 50 heavy (non-hydrogen) atoms. The maximum absolute atomic E-state index is 6.52. The Bertz CT molecular complexity index is 1660. The van der Waals surface area contributed by atoms with Crippen LogP contribution < -0.4 is 18.9 Å². The van der Waals surface area contributed by atoms with E-state index in [4.69, 9.17) is 28.9 Å². The third-order valence-corrected chi connectivity index (χ3v) is 10.1. The van der Waals surface area contributed by atoms with Gasteiger partial charge in [0.2, 0.25) is 0 Å². The maximum atomic E-state index is 6.52. The van der Waals surface area contributed by atoms with Crippen LogP contribution in [0, 0.1) is 0 Å². The lowest BCUT2D eigenvalue weighted by molar-refractivity contribution is 0.289. The minimum atomic E-state index is 0.680. The van der Waals surface area contributed by atoms with Crippen molar-refractivity contribution >= 4 is 21.8 Å². The van der Waals surface area contributed by atoms with E-state index in [1.54, 1.807) is 0 Å². The van der Waals surface area contributed by atoms with Crippen molar-refractivity contribution in [3.05, 3.63) is 72.8 Å². The molecule has 5 aromatic rings. The second-order valence-corrected chi connectivity index (χ2v) is 13.9. The van der Waals surface area contributed by atoms with Gasteiger partial charge in [0.1, 0.15) is 23.0 Å². The third-order valence-electron chi connectivity index (χ3n) is 10.1. The maximum Gasteiger partial charge on any atom is 0.132 e. The fourth-order valence-electron chi connectivity index (χ4n) is 7.31. The van der Waals surface area contributed by atoms with Crippen LogP contribution in [0.2, 0.25) is 0 Å². The fourth-order valence-corrected chi connectivity index (χ4v) is 7.31. The molecule has 6 bridgehead atoms. The summed E-state index contributed by atoms with van der Waals surface area (Å²) in [5.74, 6) is 3.31. The third kappa shape index (κ3) is 8.51. The Kier molecular flexibility index (Phi) is 12.0. The Balaban J connectivity index is 1.37. The van der Waals surface area contributed by atoms with Crippen molar-refractivity contribution in [1.29, 1.82) is 0 Å². The minimum Gasteiger partial charge on any atom is -0.493 e. The molecule has 0 fully saturated rings. The number of benzene rings is 3. The van der Waals surface area contributed by atoms with Gasteiger partial charge in [-0.2, -0.15) is 0 Å². The number of pyridine rings is 2. The largest absolute Gasteiger partial charge is 0.493 e. The summed E-state index contributed by atoms with van der Waals surface area (Å²) >= 11 is 0. The normalized spacial score (nSPS) is 17.4. The Hall–Kier alpha value is -4.32. The molecule has 0 radical (unpaired) electrons. The molecule has 6 nitrogen and oxygen atoms in total. The quantitative estimate of drug-likeness (QED) is 0.153. The van der Waals surface area contributed by atoms with Gasteiger partial charge in [-0.25, -0.2) is 9.97 Å². The van der Waals surface area contributed by atoms with Crippen molar-refractivity contribution in [2.75, 3.05) is 26.4 Å². The molecule has 0 aliphatic carbocycles. The van der Waals surface area contributed by atoms with E-state index in [9.17, 15) is 0 Å². The van der Waals surface area contributed by atoms with Crippen LogP contribution in [0.4, 0.5) is 0 Å². The van der Waals surface area contributed by atoms with Gasteiger partial charge in [0.05, 0.1) is 60.0 Å². The first-order chi connectivity index (χ1) is 24.8. The zero-order valence-electron chi connectivity index (χ0n) is 29.6. The van der Waals surface area contributed by atoms with E-state index in [1.807, 2.05) is 12.1 Å². The van der Waals surface area contributed by atoms with Gasteiger partial charge < -0.3 is 18.9 Å². The standard InChI is InChI=1S/C44H52N2O4/c1-2-6-10-14-30-48-38-20-18-22-40-42(38)36-28-26-34-24-23-33-25-27-35(45-43(33)44(34)46-36)41-37(47-29-13-9-5-1)19-17-21-39(41)49-31-15-11-7-3-4-8-12-16-32-50-40/h17-28H,1-16,29-32H2. The van der Waals surface area contributed by atoms with E-state index in [2.05, 4.69) is 60.7 Å². The SMILES string of the molecule is c1cc2c3c(c1)OCCCCCCCCCCOc1cccc(c1-c1ccc4ccc5ccc-3nc5c4n1)OCCCCCCCCCCO2. The average molecular weight is 673 g/mol. The predicted octanol–water partition coefficient (Wildman–Crippen LogP) is 11.9. The highest BCUT2D eigenvalue weighted by Crippen LogP contribution is 2.41. The molecule has 2 aliphatic rings. The van der Waals surface area contributed by atoms with Crippen molar-refractivity contribution in [3.8, 4) is 45.5 Å². The molecular weight excluding hydrogens is 620 g/mol. The van der Waals surface area contributed by atoms with Gasteiger partial charge in [-0.15, -0.1) is 0 Å². The summed E-state index contributed by atoms with van der Waals surface area (Å²) in [7, 11) is 0. The van der Waals surface area contributed by atoms with Crippen molar-refractivity contribution in [1.82, 2.24) is 9.97 Å². The molecule has 0 atom stereocenters. The number of rotatable bonds is 0. The van der Waals surface area contributed by atoms with Gasteiger partial charge in [-0.3, -0.25) is 0 Å². The van der Waals surface area contributed by atoms with Crippen LogP contribution in [-0.2, 0) is 0 Å². The Morgan fingerprint density at radius 3 is 0.920 bits per heavy atom. The molecule has 262 valence electrons. The van der Waals surface area contributed by atoms with E-state index in [0.29, 0.717) is 26.4 Å². The fraction of sp³-hybridized carbons (Fsp3) is 0.455. The van der Waals surface area contributed by atoms with E-state index < -0.39 is 0 Å². The molecule has 0 amide bonds. The Morgan fingerprint density at radius 1 is 0.320 bits per heavy atom.